The molecule has 2 aromatic rings. The minimum atomic E-state index is -0.602. The third-order valence-electron chi connectivity index (χ3n) is 3.95. The van der Waals surface area contributed by atoms with Crippen LogP contribution < -0.4 is 15.5 Å². The van der Waals surface area contributed by atoms with Gasteiger partial charge in [0.2, 0.25) is 5.91 Å². The van der Waals surface area contributed by atoms with Gasteiger partial charge in [-0.25, -0.2) is 4.79 Å². The summed E-state index contributed by atoms with van der Waals surface area (Å²) < 4.78 is 0. The number of nitro benzene ring substituents is 1. The number of halogens is 1. The standard InChI is InChI=1S/C17H15ClN4O4/c18-11-5-7-13(8-6-11)21-10-12(9-16(21)23)19-17(24)20-14-3-1-2-4-15(14)22(25)26/h1-8,12H,9-10H2,(H2,19,20,24). The summed E-state index contributed by atoms with van der Waals surface area (Å²) in [6.45, 7) is 0.310. The average Bonchev–Trinajstić information content (AvgIpc) is 2.96. The Balaban J connectivity index is 1.63. The zero-order chi connectivity index (χ0) is 18.7. The van der Waals surface area contributed by atoms with Crippen molar-refractivity contribution in [1.82, 2.24) is 5.32 Å². The molecule has 1 atom stereocenters. The molecule has 3 amide bonds. The highest BCUT2D eigenvalue weighted by Gasteiger charge is 2.31. The van der Waals surface area contributed by atoms with Crippen LogP contribution in [0.2, 0.25) is 5.02 Å². The van der Waals surface area contributed by atoms with E-state index in [-0.39, 0.29) is 23.7 Å². The number of para-hydroxylation sites is 2. The Morgan fingerprint density at radius 1 is 1.19 bits per heavy atom. The van der Waals surface area contributed by atoms with E-state index in [0.717, 1.165) is 0 Å². The quantitative estimate of drug-likeness (QED) is 0.633. The number of anilines is 2. The summed E-state index contributed by atoms with van der Waals surface area (Å²) in [5.41, 5.74) is 0.588. The Morgan fingerprint density at radius 3 is 2.58 bits per heavy atom. The molecule has 26 heavy (non-hydrogen) atoms. The summed E-state index contributed by atoms with van der Waals surface area (Å²) in [5.74, 6) is -0.122. The van der Waals surface area contributed by atoms with Gasteiger partial charge in [0.1, 0.15) is 5.69 Å². The minimum absolute atomic E-state index is 0.0916. The van der Waals surface area contributed by atoms with Gasteiger partial charge in [0.15, 0.2) is 0 Å². The van der Waals surface area contributed by atoms with Crippen LogP contribution in [0.5, 0.6) is 0 Å². The van der Waals surface area contributed by atoms with Crippen molar-refractivity contribution in [3.8, 4) is 0 Å². The molecule has 1 aliphatic heterocycles. The third-order valence-corrected chi connectivity index (χ3v) is 4.20. The van der Waals surface area contributed by atoms with Crippen LogP contribution in [-0.4, -0.2) is 29.4 Å². The first-order chi connectivity index (χ1) is 12.4. The molecule has 0 aliphatic carbocycles. The molecule has 0 aromatic heterocycles. The number of nitro groups is 1. The average molecular weight is 375 g/mol. The van der Waals surface area contributed by atoms with Crippen molar-refractivity contribution in [2.75, 3.05) is 16.8 Å². The number of carbonyl (C=O) groups is 2. The van der Waals surface area contributed by atoms with E-state index in [4.69, 9.17) is 11.6 Å². The van der Waals surface area contributed by atoms with Crippen LogP contribution in [-0.2, 0) is 4.79 Å². The fourth-order valence-electron chi connectivity index (χ4n) is 2.76. The second kappa shape index (κ2) is 7.40. The first kappa shape index (κ1) is 17.7. The fourth-order valence-corrected chi connectivity index (χ4v) is 2.88. The summed E-state index contributed by atoms with van der Waals surface area (Å²) in [5, 5.41) is 16.7. The lowest BCUT2D eigenvalue weighted by Crippen LogP contribution is -2.39. The van der Waals surface area contributed by atoms with Crippen LogP contribution in [0.4, 0.5) is 21.9 Å². The predicted octanol–water partition coefficient (Wildman–Crippen LogP) is 3.18. The lowest BCUT2D eigenvalue weighted by Gasteiger charge is -2.17. The number of nitrogens with one attached hydrogen (secondary N) is 2. The maximum absolute atomic E-state index is 12.2. The SMILES string of the molecule is O=C(Nc1ccccc1[N+](=O)[O-])NC1CC(=O)N(c2ccc(Cl)cc2)C1. The zero-order valence-electron chi connectivity index (χ0n) is 13.5. The van der Waals surface area contributed by atoms with Crippen molar-refractivity contribution in [2.45, 2.75) is 12.5 Å². The highest BCUT2D eigenvalue weighted by molar-refractivity contribution is 6.30. The van der Waals surface area contributed by atoms with Crippen molar-refractivity contribution in [2.24, 2.45) is 0 Å². The van der Waals surface area contributed by atoms with Crippen LogP contribution in [0.3, 0.4) is 0 Å². The topological polar surface area (TPSA) is 105 Å². The predicted molar refractivity (Wildman–Crippen MR) is 97.5 cm³/mol. The van der Waals surface area contributed by atoms with Crippen molar-refractivity contribution < 1.29 is 14.5 Å². The highest BCUT2D eigenvalue weighted by atomic mass is 35.5. The molecule has 8 nitrogen and oxygen atoms in total. The zero-order valence-corrected chi connectivity index (χ0v) is 14.3. The molecule has 134 valence electrons. The molecular weight excluding hydrogens is 360 g/mol. The van der Waals surface area contributed by atoms with Gasteiger partial charge in [-0.2, -0.15) is 0 Å². The van der Waals surface area contributed by atoms with Gasteiger partial charge in [0, 0.05) is 29.7 Å². The van der Waals surface area contributed by atoms with Crippen molar-refractivity contribution in [3.05, 3.63) is 63.7 Å². The molecule has 1 aliphatic rings. The van der Waals surface area contributed by atoms with Gasteiger partial charge >= 0.3 is 6.03 Å². The molecule has 0 spiro atoms. The Kier molecular flexibility index (Phi) is 5.04. The number of amides is 3. The van der Waals surface area contributed by atoms with Gasteiger partial charge in [-0.05, 0) is 30.3 Å². The Morgan fingerprint density at radius 2 is 1.88 bits per heavy atom. The molecule has 0 radical (unpaired) electrons. The molecule has 3 rings (SSSR count). The maximum Gasteiger partial charge on any atom is 0.319 e. The number of hydrogen-bond donors (Lipinski definition) is 2. The van der Waals surface area contributed by atoms with Crippen LogP contribution in [0, 0.1) is 10.1 Å². The van der Waals surface area contributed by atoms with E-state index < -0.39 is 17.0 Å². The number of nitrogens with zero attached hydrogens (tertiary/aromatic N) is 2. The van der Waals surface area contributed by atoms with Crippen LogP contribution in [0.15, 0.2) is 48.5 Å². The molecular formula is C17H15ClN4O4. The van der Waals surface area contributed by atoms with Crippen molar-refractivity contribution in [3.63, 3.8) is 0 Å². The van der Waals surface area contributed by atoms with E-state index >= 15 is 0 Å². The van der Waals surface area contributed by atoms with Crippen molar-refractivity contribution >= 4 is 40.6 Å². The normalized spacial score (nSPS) is 16.4. The first-order valence-corrected chi connectivity index (χ1v) is 8.18. The molecule has 1 saturated heterocycles. The van der Waals surface area contributed by atoms with E-state index in [1.165, 1.54) is 18.2 Å². The number of urea groups is 1. The lowest BCUT2D eigenvalue weighted by atomic mass is 10.2. The smallest absolute Gasteiger partial charge is 0.319 e. The first-order valence-electron chi connectivity index (χ1n) is 7.81. The molecule has 1 fully saturated rings. The van der Waals surface area contributed by atoms with E-state index in [9.17, 15) is 19.7 Å². The van der Waals surface area contributed by atoms with E-state index in [0.29, 0.717) is 17.3 Å². The number of carbonyl (C=O) groups excluding carboxylic acids is 2. The van der Waals surface area contributed by atoms with E-state index in [1.807, 2.05) is 0 Å². The van der Waals surface area contributed by atoms with Gasteiger partial charge < -0.3 is 15.5 Å². The Bertz CT molecular complexity index is 856. The second-order valence-electron chi connectivity index (χ2n) is 5.75. The van der Waals surface area contributed by atoms with Gasteiger partial charge in [-0.15, -0.1) is 0 Å². The minimum Gasteiger partial charge on any atom is -0.333 e. The van der Waals surface area contributed by atoms with Crippen LogP contribution >= 0.6 is 11.6 Å². The van der Waals surface area contributed by atoms with Crippen LogP contribution in [0.1, 0.15) is 6.42 Å². The Labute approximate surface area is 153 Å². The summed E-state index contributed by atoms with van der Waals surface area (Å²) in [6, 6.07) is 11.7. The van der Waals surface area contributed by atoms with E-state index in [1.54, 1.807) is 35.2 Å². The molecule has 1 unspecified atom stereocenters. The summed E-state index contributed by atoms with van der Waals surface area (Å²) in [6.07, 6.45) is 0.146. The monoisotopic (exact) mass is 374 g/mol. The largest absolute Gasteiger partial charge is 0.333 e. The number of rotatable bonds is 4. The van der Waals surface area contributed by atoms with Gasteiger partial charge in [-0.3, -0.25) is 14.9 Å². The lowest BCUT2D eigenvalue weighted by molar-refractivity contribution is -0.383. The summed E-state index contributed by atoms with van der Waals surface area (Å²) >= 11 is 5.85. The van der Waals surface area contributed by atoms with Crippen molar-refractivity contribution in [1.29, 1.82) is 0 Å². The molecule has 2 N–H and O–H groups in total. The number of hydrogen-bond acceptors (Lipinski definition) is 4. The molecule has 2 aromatic carbocycles. The van der Waals surface area contributed by atoms with Gasteiger partial charge in [-0.1, -0.05) is 23.7 Å². The molecule has 0 saturated carbocycles. The molecule has 0 bridgehead atoms. The Hall–Kier alpha value is -3.13. The number of benzene rings is 2. The molecule has 9 heteroatoms. The molecule has 1 heterocycles. The summed E-state index contributed by atoms with van der Waals surface area (Å²) in [4.78, 5) is 36.3. The third kappa shape index (κ3) is 3.92. The summed E-state index contributed by atoms with van der Waals surface area (Å²) in [7, 11) is 0. The second-order valence-corrected chi connectivity index (χ2v) is 6.19. The van der Waals surface area contributed by atoms with E-state index in [2.05, 4.69) is 10.6 Å². The fraction of sp³-hybridized carbons (Fsp3) is 0.176. The van der Waals surface area contributed by atoms with Crippen LogP contribution in [0.25, 0.3) is 0 Å². The van der Waals surface area contributed by atoms with Gasteiger partial charge in [0.05, 0.1) is 11.0 Å². The highest BCUT2D eigenvalue weighted by Crippen LogP contribution is 2.25. The van der Waals surface area contributed by atoms with Gasteiger partial charge in [0.25, 0.3) is 5.69 Å². The maximum atomic E-state index is 12.2.